The van der Waals surface area contributed by atoms with Crippen molar-refractivity contribution >= 4 is 23.1 Å². The van der Waals surface area contributed by atoms with E-state index in [1.165, 1.54) is 13.0 Å². The molecule has 0 radical (unpaired) electrons. The van der Waals surface area contributed by atoms with Gasteiger partial charge in [-0.2, -0.15) is 30.7 Å². The fourth-order valence-corrected chi connectivity index (χ4v) is 2.51. The number of carbonyl (C=O) groups excluding carboxylic acids is 1. The fraction of sp³-hybridized carbons (Fsp3) is 0.286. The average Bonchev–Trinajstić information content (AvgIpc) is 2.89. The Hall–Kier alpha value is -2.57. The number of aryl methyl sites for hydroxylation is 1. The smallest absolute Gasteiger partial charge is 0.426 e. The van der Waals surface area contributed by atoms with Gasteiger partial charge >= 0.3 is 24.8 Å². The summed E-state index contributed by atoms with van der Waals surface area (Å²) in [6, 6.07) is 4.24. The second kappa shape index (κ2) is 7.58. The van der Waals surface area contributed by atoms with Gasteiger partial charge < -0.3 is 9.47 Å². The summed E-state index contributed by atoms with van der Waals surface area (Å²) in [6.45, 7) is 1.25. The van der Waals surface area contributed by atoms with E-state index >= 15 is 0 Å². The Balaban J connectivity index is 2.18. The maximum Gasteiger partial charge on any atom is 0.461 e. The van der Waals surface area contributed by atoms with Gasteiger partial charge in [0.2, 0.25) is 5.06 Å². The number of amides is 1. The van der Waals surface area contributed by atoms with Crippen LogP contribution in [0.15, 0.2) is 24.3 Å². The minimum Gasteiger partial charge on any atom is -0.426 e. The molecule has 2 aromatic rings. The number of ether oxygens (including phenoxy) is 2. The van der Waals surface area contributed by atoms with Gasteiger partial charge in [-0.1, -0.05) is 23.5 Å². The highest BCUT2D eigenvalue weighted by Crippen LogP contribution is 2.39. The lowest BCUT2D eigenvalue weighted by molar-refractivity contribution is -0.252. The number of hydrogen-bond donors (Lipinski definition) is 1. The zero-order valence-corrected chi connectivity index (χ0v) is 13.9. The molecule has 0 bridgehead atoms. The number of rotatable bonds is 5. The van der Waals surface area contributed by atoms with Crippen LogP contribution < -0.4 is 14.8 Å². The number of thiazole rings is 1. The van der Waals surface area contributed by atoms with E-state index in [1.54, 1.807) is 0 Å². The molecule has 1 N–H and O–H groups in total. The van der Waals surface area contributed by atoms with Crippen LogP contribution in [-0.4, -0.2) is 23.6 Å². The van der Waals surface area contributed by atoms with Gasteiger partial charge in [-0.05, 0) is 19.1 Å². The van der Waals surface area contributed by atoms with Crippen molar-refractivity contribution in [1.29, 1.82) is 0 Å². The van der Waals surface area contributed by atoms with Crippen LogP contribution >= 0.6 is 11.3 Å². The van der Waals surface area contributed by atoms with Crippen LogP contribution in [0.25, 0.3) is 0 Å². The van der Waals surface area contributed by atoms with E-state index in [4.69, 9.17) is 0 Å². The summed E-state index contributed by atoms with van der Waals surface area (Å²) in [5.41, 5.74) is -1.95. The van der Waals surface area contributed by atoms with Crippen LogP contribution in [0.4, 0.5) is 41.2 Å². The molecule has 0 saturated heterocycles. The molecule has 0 unspecified atom stereocenters. The van der Waals surface area contributed by atoms with Gasteiger partial charge in [0.1, 0.15) is 5.75 Å². The molecule has 0 atom stereocenters. The molecular formula is C14H9F7N2O3S. The highest BCUT2D eigenvalue weighted by Gasteiger charge is 2.44. The first kappa shape index (κ1) is 20.7. The summed E-state index contributed by atoms with van der Waals surface area (Å²) in [5.74, 6) is -0.837. The van der Waals surface area contributed by atoms with Gasteiger partial charge in [-0.3, -0.25) is 5.32 Å². The van der Waals surface area contributed by atoms with Crippen LogP contribution in [0.2, 0.25) is 0 Å². The average molecular weight is 418 g/mol. The molecule has 27 heavy (non-hydrogen) atoms. The van der Waals surface area contributed by atoms with Gasteiger partial charge in [-0.25, -0.2) is 9.78 Å². The van der Waals surface area contributed by atoms with Gasteiger partial charge in [0.15, 0.2) is 5.69 Å². The minimum atomic E-state index is -4.89. The molecule has 0 saturated carbocycles. The van der Waals surface area contributed by atoms with Crippen LogP contribution in [0.3, 0.4) is 0 Å². The van der Waals surface area contributed by atoms with Gasteiger partial charge in [0, 0.05) is 0 Å². The first-order valence-corrected chi connectivity index (χ1v) is 7.69. The SMILES string of the molecule is Cc1nc(C(F)(F)F)c(OC(=O)Nc2ccccc2OC(F)(F)C(F)F)s1. The Morgan fingerprint density at radius 1 is 1.19 bits per heavy atom. The van der Waals surface area contributed by atoms with E-state index < -0.39 is 47.0 Å². The summed E-state index contributed by atoms with van der Waals surface area (Å²) in [7, 11) is 0. The van der Waals surface area contributed by atoms with Crippen LogP contribution in [0, 0.1) is 6.92 Å². The van der Waals surface area contributed by atoms with E-state index in [-0.39, 0.29) is 5.01 Å². The predicted molar refractivity (Wildman–Crippen MR) is 79.5 cm³/mol. The molecule has 2 rings (SSSR count). The van der Waals surface area contributed by atoms with Crippen molar-refractivity contribution in [3.8, 4) is 10.8 Å². The number of nitrogens with zero attached hydrogens (tertiary/aromatic N) is 1. The minimum absolute atomic E-state index is 0.0366. The topological polar surface area (TPSA) is 60.5 Å². The van der Waals surface area contributed by atoms with Crippen LogP contribution in [0.5, 0.6) is 10.8 Å². The fourth-order valence-electron chi connectivity index (χ4n) is 1.73. The molecule has 148 valence electrons. The number of anilines is 1. The molecule has 5 nitrogen and oxygen atoms in total. The first-order valence-electron chi connectivity index (χ1n) is 6.87. The van der Waals surface area contributed by atoms with Crippen LogP contribution in [0.1, 0.15) is 10.7 Å². The summed E-state index contributed by atoms with van der Waals surface area (Å²) in [5, 5.41) is 0.952. The summed E-state index contributed by atoms with van der Waals surface area (Å²) >= 11 is 0.434. The monoisotopic (exact) mass is 418 g/mol. The zero-order chi connectivity index (χ0) is 20.4. The molecular weight excluding hydrogens is 409 g/mol. The summed E-state index contributed by atoms with van der Waals surface area (Å²) in [6.07, 6.45) is -15.4. The zero-order valence-electron chi connectivity index (χ0n) is 13.1. The third-order valence-electron chi connectivity index (χ3n) is 2.78. The summed E-state index contributed by atoms with van der Waals surface area (Å²) in [4.78, 5) is 15.0. The Morgan fingerprint density at radius 3 is 2.41 bits per heavy atom. The number of carbonyl (C=O) groups is 1. The third kappa shape index (κ3) is 5.21. The van der Waals surface area contributed by atoms with Crippen molar-refractivity contribution < 1.29 is 45.0 Å². The van der Waals surface area contributed by atoms with Gasteiger partial charge in [0.05, 0.1) is 10.7 Å². The molecule has 13 heteroatoms. The molecule has 0 aliphatic carbocycles. The second-order valence-corrected chi connectivity index (χ2v) is 6.01. The van der Waals surface area contributed by atoms with E-state index in [0.29, 0.717) is 11.3 Å². The normalized spacial score (nSPS) is 12.2. The number of benzene rings is 1. The molecule has 0 fully saturated rings. The number of aromatic nitrogens is 1. The van der Waals surface area contributed by atoms with E-state index in [1.807, 2.05) is 5.32 Å². The Morgan fingerprint density at radius 2 is 1.81 bits per heavy atom. The van der Waals surface area contributed by atoms with Crippen LogP contribution in [-0.2, 0) is 6.18 Å². The van der Waals surface area contributed by atoms with E-state index in [2.05, 4.69) is 14.5 Å². The van der Waals surface area contributed by atoms with E-state index in [0.717, 1.165) is 18.2 Å². The molecule has 0 aliphatic rings. The lowest BCUT2D eigenvalue weighted by atomic mass is 10.3. The molecule has 1 aromatic carbocycles. The molecule has 0 spiro atoms. The standard InChI is InChI=1S/C14H9F7N2O3S/c1-6-22-9(13(17,18)19)10(27-6)25-12(24)23-7-4-2-3-5-8(7)26-14(20,21)11(15)16/h2-5,11H,1H3,(H,23,24). The Labute approximate surface area is 150 Å². The quantitative estimate of drug-likeness (QED) is 0.668. The molecule has 0 aliphatic heterocycles. The van der Waals surface area contributed by atoms with Crippen molar-refractivity contribution in [2.24, 2.45) is 0 Å². The summed E-state index contributed by atoms with van der Waals surface area (Å²) < 4.78 is 97.4. The largest absolute Gasteiger partial charge is 0.461 e. The van der Waals surface area contributed by atoms with Crippen molar-refractivity contribution in [2.45, 2.75) is 25.6 Å². The van der Waals surface area contributed by atoms with Crippen molar-refractivity contribution in [1.82, 2.24) is 4.98 Å². The number of alkyl halides is 7. The third-order valence-corrected chi connectivity index (χ3v) is 3.63. The van der Waals surface area contributed by atoms with Crippen molar-refractivity contribution in [3.63, 3.8) is 0 Å². The van der Waals surface area contributed by atoms with Gasteiger partial charge in [-0.15, -0.1) is 0 Å². The Bertz CT molecular complexity index is 823. The lowest BCUT2D eigenvalue weighted by Gasteiger charge is -2.19. The maximum atomic E-state index is 13.0. The van der Waals surface area contributed by atoms with E-state index in [9.17, 15) is 35.5 Å². The molecule has 1 heterocycles. The highest BCUT2D eigenvalue weighted by molar-refractivity contribution is 7.13. The lowest BCUT2D eigenvalue weighted by Crippen LogP contribution is -2.33. The highest BCUT2D eigenvalue weighted by atomic mass is 32.1. The number of halogens is 7. The number of para-hydroxylation sites is 2. The number of hydrogen-bond acceptors (Lipinski definition) is 5. The van der Waals surface area contributed by atoms with Gasteiger partial charge in [0.25, 0.3) is 0 Å². The predicted octanol–water partition coefficient (Wildman–Crippen LogP) is 5.32. The van der Waals surface area contributed by atoms with Crippen molar-refractivity contribution in [2.75, 3.05) is 5.32 Å². The molecule has 1 amide bonds. The molecule has 1 aromatic heterocycles. The van der Waals surface area contributed by atoms with Crippen molar-refractivity contribution in [3.05, 3.63) is 35.0 Å². The Kier molecular flexibility index (Phi) is 5.82. The second-order valence-electron chi connectivity index (χ2n) is 4.84. The maximum absolute atomic E-state index is 13.0. The number of nitrogens with one attached hydrogen (secondary N) is 1. The first-order chi connectivity index (χ1) is 12.4.